The van der Waals surface area contributed by atoms with Gasteiger partial charge < -0.3 is 14.8 Å². The number of benzene rings is 1. The van der Waals surface area contributed by atoms with Crippen molar-refractivity contribution in [2.75, 3.05) is 13.1 Å². The van der Waals surface area contributed by atoms with E-state index in [9.17, 15) is 9.59 Å². The summed E-state index contributed by atoms with van der Waals surface area (Å²) in [5.74, 6) is -0.0359. The van der Waals surface area contributed by atoms with Crippen molar-refractivity contribution in [3.05, 3.63) is 88.1 Å². The Labute approximate surface area is 207 Å². The molecule has 1 aliphatic heterocycles. The van der Waals surface area contributed by atoms with E-state index in [0.29, 0.717) is 49.7 Å². The highest BCUT2D eigenvalue weighted by atomic mass is 35.5. The van der Waals surface area contributed by atoms with Gasteiger partial charge in [-0.25, -0.2) is 0 Å². The van der Waals surface area contributed by atoms with E-state index >= 15 is 0 Å². The van der Waals surface area contributed by atoms with Crippen molar-refractivity contribution in [3.8, 4) is 0 Å². The zero-order chi connectivity index (χ0) is 23.5. The molecule has 0 saturated carbocycles. The first-order chi connectivity index (χ1) is 16.6. The van der Waals surface area contributed by atoms with Crippen LogP contribution in [0.2, 0.25) is 5.02 Å². The number of carbonyl (C=O) groups is 2. The Morgan fingerprint density at radius 1 is 1.09 bits per heavy atom. The monoisotopic (exact) mass is 492 g/mol. The third-order valence-electron chi connectivity index (χ3n) is 6.32. The van der Waals surface area contributed by atoms with Gasteiger partial charge in [0.15, 0.2) is 0 Å². The molecule has 0 spiro atoms. The van der Waals surface area contributed by atoms with Crippen molar-refractivity contribution in [3.63, 3.8) is 0 Å². The highest BCUT2D eigenvalue weighted by Gasteiger charge is 2.29. The quantitative estimate of drug-likeness (QED) is 0.413. The lowest BCUT2D eigenvalue weighted by Gasteiger charge is -2.31. The number of likely N-dealkylation sites (tertiary alicyclic amines) is 1. The Hall–Kier alpha value is -3.16. The third-order valence-corrected chi connectivity index (χ3v) is 7.42. The molecular formula is C26H25ClN4O2S. The first-order valence-electron chi connectivity index (χ1n) is 11.4. The van der Waals surface area contributed by atoms with Crippen LogP contribution >= 0.6 is 22.9 Å². The van der Waals surface area contributed by atoms with Crippen molar-refractivity contribution < 1.29 is 9.59 Å². The fraction of sp³-hybridized carbons (Fsp3) is 0.269. The summed E-state index contributed by atoms with van der Waals surface area (Å²) in [6.45, 7) is 2.17. The molecule has 174 valence electrons. The number of nitrogens with one attached hydrogen (secondary N) is 1. The molecule has 1 aliphatic rings. The van der Waals surface area contributed by atoms with Crippen molar-refractivity contribution in [1.29, 1.82) is 0 Å². The van der Waals surface area contributed by atoms with Crippen LogP contribution < -0.4 is 5.32 Å². The van der Waals surface area contributed by atoms with Crippen LogP contribution in [0.4, 0.5) is 0 Å². The molecule has 5 rings (SSSR count). The second-order valence-electron chi connectivity index (χ2n) is 8.52. The van der Waals surface area contributed by atoms with Gasteiger partial charge in [0, 0.05) is 36.8 Å². The van der Waals surface area contributed by atoms with Gasteiger partial charge >= 0.3 is 0 Å². The fourth-order valence-corrected chi connectivity index (χ4v) is 5.38. The molecule has 3 aromatic heterocycles. The van der Waals surface area contributed by atoms with E-state index < -0.39 is 0 Å². The zero-order valence-electron chi connectivity index (χ0n) is 18.6. The van der Waals surface area contributed by atoms with Crippen LogP contribution in [0.5, 0.6) is 0 Å². The molecule has 34 heavy (non-hydrogen) atoms. The molecule has 1 N–H and O–H groups in total. The largest absolute Gasteiger partial charge is 0.350 e. The Balaban J connectivity index is 1.25. The number of thiophene rings is 1. The van der Waals surface area contributed by atoms with E-state index in [4.69, 9.17) is 11.6 Å². The summed E-state index contributed by atoms with van der Waals surface area (Å²) < 4.78 is 3.18. The van der Waals surface area contributed by atoms with Gasteiger partial charge in [-0.05, 0) is 60.2 Å². The van der Waals surface area contributed by atoms with E-state index in [1.165, 1.54) is 0 Å². The fourth-order valence-electron chi connectivity index (χ4n) is 4.43. The third kappa shape index (κ3) is 4.86. The average Bonchev–Trinajstić information content (AvgIpc) is 3.47. The normalized spacial score (nSPS) is 14.4. The number of hydrogen-bond acceptors (Lipinski definition) is 4. The number of pyridine rings is 1. The van der Waals surface area contributed by atoms with Gasteiger partial charge in [0.05, 0.1) is 22.5 Å². The molecule has 0 unspecified atom stereocenters. The van der Waals surface area contributed by atoms with Crippen LogP contribution in [0.25, 0.3) is 10.2 Å². The molecule has 0 aliphatic carbocycles. The van der Waals surface area contributed by atoms with Gasteiger partial charge in [0.1, 0.15) is 5.69 Å². The van der Waals surface area contributed by atoms with Gasteiger partial charge in [-0.1, -0.05) is 29.8 Å². The number of halogens is 1. The van der Waals surface area contributed by atoms with Crippen molar-refractivity contribution in [2.45, 2.75) is 25.9 Å². The Morgan fingerprint density at radius 3 is 2.62 bits per heavy atom. The van der Waals surface area contributed by atoms with Crippen LogP contribution in [0.15, 0.2) is 66.2 Å². The first kappa shape index (κ1) is 22.6. The standard InChI is InChI=1S/C26H25ClN4O2S/c27-20-6-4-18(5-7-20)17-31-22-10-14-34-24(22)15-23(31)26(33)30-12-8-19(9-13-30)25(32)29-16-21-3-1-2-11-28-21/h1-7,10-11,14-15,19H,8-9,12-13,16-17H2,(H,29,32). The molecule has 1 aromatic carbocycles. The molecule has 8 heteroatoms. The molecular weight excluding hydrogens is 468 g/mol. The minimum atomic E-state index is -0.0860. The molecule has 0 bridgehead atoms. The first-order valence-corrected chi connectivity index (χ1v) is 12.6. The predicted molar refractivity (Wildman–Crippen MR) is 135 cm³/mol. The Bertz CT molecular complexity index is 1290. The smallest absolute Gasteiger partial charge is 0.270 e. The van der Waals surface area contributed by atoms with Gasteiger partial charge in [-0.15, -0.1) is 11.3 Å². The van der Waals surface area contributed by atoms with Crippen LogP contribution in [-0.4, -0.2) is 39.4 Å². The van der Waals surface area contributed by atoms with Crippen molar-refractivity contribution in [2.24, 2.45) is 5.92 Å². The summed E-state index contributed by atoms with van der Waals surface area (Å²) in [6.07, 6.45) is 3.04. The maximum Gasteiger partial charge on any atom is 0.270 e. The number of carbonyl (C=O) groups excluding carboxylic acids is 2. The second kappa shape index (κ2) is 9.99. The molecule has 4 aromatic rings. The molecule has 2 amide bonds. The van der Waals surface area contributed by atoms with Crippen LogP contribution in [-0.2, 0) is 17.9 Å². The minimum Gasteiger partial charge on any atom is -0.350 e. The lowest BCUT2D eigenvalue weighted by molar-refractivity contribution is -0.126. The van der Waals surface area contributed by atoms with Crippen molar-refractivity contribution in [1.82, 2.24) is 19.8 Å². The van der Waals surface area contributed by atoms with Crippen LogP contribution in [0.3, 0.4) is 0 Å². The number of fused-ring (bicyclic) bond motifs is 1. The van der Waals surface area contributed by atoms with Crippen molar-refractivity contribution >= 4 is 45.0 Å². The highest BCUT2D eigenvalue weighted by Crippen LogP contribution is 2.28. The molecule has 6 nitrogen and oxygen atoms in total. The summed E-state index contributed by atoms with van der Waals surface area (Å²) in [7, 11) is 0. The Kier molecular flexibility index (Phi) is 6.65. The highest BCUT2D eigenvalue weighted by molar-refractivity contribution is 7.17. The summed E-state index contributed by atoms with van der Waals surface area (Å²) in [5, 5.41) is 5.72. The van der Waals surface area contributed by atoms with E-state index in [1.807, 2.05) is 58.8 Å². The zero-order valence-corrected chi connectivity index (χ0v) is 20.2. The average molecular weight is 493 g/mol. The molecule has 4 heterocycles. The van der Waals surface area contributed by atoms with E-state index in [-0.39, 0.29) is 17.7 Å². The van der Waals surface area contributed by atoms with E-state index in [2.05, 4.69) is 20.9 Å². The Morgan fingerprint density at radius 2 is 1.88 bits per heavy atom. The number of hydrogen-bond donors (Lipinski definition) is 1. The molecule has 0 atom stereocenters. The summed E-state index contributed by atoms with van der Waals surface area (Å²) in [4.78, 5) is 32.2. The number of nitrogens with zero attached hydrogens (tertiary/aromatic N) is 3. The van der Waals surface area contributed by atoms with Gasteiger partial charge in [0.2, 0.25) is 5.91 Å². The second-order valence-corrected chi connectivity index (χ2v) is 9.90. The van der Waals surface area contributed by atoms with Gasteiger partial charge in [-0.3, -0.25) is 14.6 Å². The minimum absolute atomic E-state index is 0.0182. The maximum absolute atomic E-state index is 13.5. The van der Waals surface area contributed by atoms with Crippen LogP contribution in [0, 0.1) is 5.92 Å². The number of amides is 2. The molecule has 1 fully saturated rings. The number of aromatic nitrogens is 2. The number of rotatable bonds is 6. The van der Waals surface area contributed by atoms with E-state index in [1.54, 1.807) is 17.5 Å². The summed E-state index contributed by atoms with van der Waals surface area (Å²) in [6, 6.07) is 17.4. The van der Waals surface area contributed by atoms with Gasteiger partial charge in [0.25, 0.3) is 5.91 Å². The predicted octanol–water partition coefficient (Wildman–Crippen LogP) is 4.97. The topological polar surface area (TPSA) is 67.2 Å². The lowest BCUT2D eigenvalue weighted by atomic mass is 9.95. The van der Waals surface area contributed by atoms with E-state index in [0.717, 1.165) is 21.5 Å². The lowest BCUT2D eigenvalue weighted by Crippen LogP contribution is -2.43. The number of piperidine rings is 1. The summed E-state index contributed by atoms with van der Waals surface area (Å²) in [5.41, 5.74) is 3.68. The molecule has 1 saturated heterocycles. The maximum atomic E-state index is 13.5. The summed E-state index contributed by atoms with van der Waals surface area (Å²) >= 11 is 7.68. The van der Waals surface area contributed by atoms with Gasteiger partial charge in [-0.2, -0.15) is 0 Å². The van der Waals surface area contributed by atoms with Crippen LogP contribution in [0.1, 0.15) is 34.6 Å². The molecule has 0 radical (unpaired) electrons. The SMILES string of the molecule is O=C(NCc1ccccn1)C1CCN(C(=O)c2cc3sccc3n2Cc2ccc(Cl)cc2)CC1.